The van der Waals surface area contributed by atoms with Crippen LogP contribution in [0.15, 0.2) is 15.2 Å². The molecule has 0 N–H and O–H groups in total. The average molecular weight is 379 g/mol. The van der Waals surface area contributed by atoms with E-state index in [1.54, 1.807) is 6.92 Å². The van der Waals surface area contributed by atoms with Gasteiger partial charge in [0, 0.05) is 43.0 Å². The highest BCUT2D eigenvalue weighted by Gasteiger charge is 2.31. The van der Waals surface area contributed by atoms with Crippen LogP contribution in [-0.2, 0) is 25.8 Å². The topological polar surface area (TPSA) is 98.2 Å². The van der Waals surface area contributed by atoms with Crippen LogP contribution < -0.4 is 0 Å². The third kappa shape index (κ3) is 2.71. The second-order valence-corrected chi connectivity index (χ2v) is 7.48. The Kier molecular flexibility index (Phi) is 3.99. The van der Waals surface area contributed by atoms with E-state index >= 15 is 0 Å². The first-order chi connectivity index (χ1) is 13.6. The van der Waals surface area contributed by atoms with Gasteiger partial charge >= 0.3 is 0 Å². The fourth-order valence-corrected chi connectivity index (χ4v) is 4.22. The highest BCUT2D eigenvalue weighted by molar-refractivity contribution is 5.93. The molecule has 1 aliphatic heterocycles. The summed E-state index contributed by atoms with van der Waals surface area (Å²) in [6, 6.07) is 0. The molecule has 0 unspecified atom stereocenters. The minimum absolute atomic E-state index is 0.0844. The zero-order chi connectivity index (χ0) is 19.3. The monoisotopic (exact) mass is 379 g/mol. The predicted octanol–water partition coefficient (Wildman–Crippen LogP) is 2.81. The molecule has 0 spiro atoms. The Bertz CT molecular complexity index is 1070. The minimum Gasteiger partial charge on any atom is -0.350 e. The van der Waals surface area contributed by atoms with E-state index in [1.165, 1.54) is 0 Å². The zero-order valence-corrected chi connectivity index (χ0v) is 16.0. The predicted molar refractivity (Wildman–Crippen MR) is 98.6 cm³/mol. The number of pyridine rings is 1. The van der Waals surface area contributed by atoms with Crippen molar-refractivity contribution in [1.29, 1.82) is 0 Å². The first-order valence-corrected chi connectivity index (χ1v) is 9.66. The maximum Gasteiger partial charge on any atom is 0.293 e. The smallest absolute Gasteiger partial charge is 0.293 e. The van der Waals surface area contributed by atoms with Gasteiger partial charge in [0.25, 0.3) is 5.91 Å². The summed E-state index contributed by atoms with van der Waals surface area (Å²) in [7, 11) is 0. The zero-order valence-electron chi connectivity index (χ0n) is 16.0. The molecule has 1 amide bonds. The van der Waals surface area contributed by atoms with E-state index < -0.39 is 0 Å². The third-order valence-electron chi connectivity index (χ3n) is 5.65. The molecule has 0 aromatic carbocycles. The molecule has 4 heterocycles. The summed E-state index contributed by atoms with van der Waals surface area (Å²) in [5.41, 5.74) is 5.86. The molecule has 8 heteroatoms. The van der Waals surface area contributed by atoms with E-state index in [2.05, 4.69) is 20.3 Å². The molecule has 0 fully saturated rings. The lowest BCUT2D eigenvalue weighted by molar-refractivity contribution is 0.0690. The number of aryl methyl sites for hydroxylation is 3. The fraction of sp³-hybridized carbons (Fsp3) is 0.450. The second kappa shape index (κ2) is 6.54. The molecule has 0 saturated heterocycles. The lowest BCUT2D eigenvalue weighted by atomic mass is 9.93. The molecule has 5 rings (SSSR count). The number of carbonyl (C=O) groups is 1. The van der Waals surface area contributed by atoms with Crippen LogP contribution in [0.1, 0.15) is 57.4 Å². The van der Waals surface area contributed by atoms with Crippen LogP contribution in [0.25, 0.3) is 11.4 Å². The maximum absolute atomic E-state index is 13.1. The number of rotatable bonds is 2. The number of hydrogen-bond donors (Lipinski definition) is 0. The normalized spacial score (nSPS) is 16.0. The van der Waals surface area contributed by atoms with Gasteiger partial charge in [0.15, 0.2) is 0 Å². The van der Waals surface area contributed by atoms with Crippen LogP contribution in [0.2, 0.25) is 0 Å². The van der Waals surface area contributed by atoms with Crippen molar-refractivity contribution in [1.82, 2.24) is 25.2 Å². The van der Waals surface area contributed by atoms with Gasteiger partial charge in [0.1, 0.15) is 0 Å². The Balaban J connectivity index is 1.46. The standard InChI is InChI=1S/C20H21N5O3/c1-11-17(19-22-12(2)27-24-19)14-7-8-25(10-13(14)9-21-11)20(26)18-15-5-3-4-6-16(15)23-28-18/h9H,3-8,10H2,1-2H3. The van der Waals surface area contributed by atoms with Gasteiger partial charge < -0.3 is 13.9 Å². The van der Waals surface area contributed by atoms with Crippen molar-refractivity contribution in [3.8, 4) is 11.4 Å². The lowest BCUT2D eigenvalue weighted by Crippen LogP contribution is -2.36. The number of aromatic nitrogens is 4. The van der Waals surface area contributed by atoms with Crippen LogP contribution in [0.5, 0.6) is 0 Å². The third-order valence-corrected chi connectivity index (χ3v) is 5.65. The van der Waals surface area contributed by atoms with Crippen LogP contribution in [0.3, 0.4) is 0 Å². The fourth-order valence-electron chi connectivity index (χ4n) is 4.22. The molecule has 0 saturated carbocycles. The van der Waals surface area contributed by atoms with E-state index in [1.807, 2.05) is 18.0 Å². The molecule has 1 aliphatic carbocycles. The van der Waals surface area contributed by atoms with Crippen LogP contribution in [0, 0.1) is 13.8 Å². The molecular formula is C20H21N5O3. The minimum atomic E-state index is -0.0844. The highest BCUT2D eigenvalue weighted by atomic mass is 16.5. The highest BCUT2D eigenvalue weighted by Crippen LogP contribution is 2.32. The Morgan fingerprint density at radius 3 is 2.75 bits per heavy atom. The van der Waals surface area contributed by atoms with Gasteiger partial charge in [-0.2, -0.15) is 4.98 Å². The van der Waals surface area contributed by atoms with E-state index in [0.29, 0.717) is 37.0 Å². The first-order valence-electron chi connectivity index (χ1n) is 9.66. The molecule has 28 heavy (non-hydrogen) atoms. The number of carbonyl (C=O) groups excluding carboxylic acids is 1. The molecule has 2 aliphatic rings. The van der Waals surface area contributed by atoms with Gasteiger partial charge in [-0.1, -0.05) is 10.3 Å². The SMILES string of the molecule is Cc1nc(-c2c(C)ncc3c2CCN(C(=O)c2onc4c2CCCC4)C3)no1. The Hall–Kier alpha value is -3.03. The van der Waals surface area contributed by atoms with Crippen molar-refractivity contribution in [2.45, 2.75) is 52.5 Å². The average Bonchev–Trinajstić information content (AvgIpc) is 3.33. The molecule has 3 aromatic rings. The molecule has 0 atom stereocenters. The molecule has 0 radical (unpaired) electrons. The van der Waals surface area contributed by atoms with E-state index in [0.717, 1.165) is 59.3 Å². The van der Waals surface area contributed by atoms with E-state index in [9.17, 15) is 4.79 Å². The molecule has 3 aromatic heterocycles. The van der Waals surface area contributed by atoms with Crippen molar-refractivity contribution < 1.29 is 13.8 Å². The van der Waals surface area contributed by atoms with E-state index in [4.69, 9.17) is 9.05 Å². The van der Waals surface area contributed by atoms with Crippen molar-refractivity contribution >= 4 is 5.91 Å². The summed E-state index contributed by atoms with van der Waals surface area (Å²) in [5.74, 6) is 1.41. The maximum atomic E-state index is 13.1. The Morgan fingerprint density at radius 2 is 1.93 bits per heavy atom. The van der Waals surface area contributed by atoms with Crippen molar-refractivity contribution in [3.63, 3.8) is 0 Å². The number of hydrogen-bond acceptors (Lipinski definition) is 7. The van der Waals surface area contributed by atoms with Gasteiger partial charge in [-0.25, -0.2) is 0 Å². The van der Waals surface area contributed by atoms with Gasteiger partial charge in [-0.15, -0.1) is 0 Å². The molecule has 0 bridgehead atoms. The van der Waals surface area contributed by atoms with Crippen molar-refractivity contribution in [2.24, 2.45) is 0 Å². The summed E-state index contributed by atoms with van der Waals surface area (Å²) in [4.78, 5) is 23.8. The second-order valence-electron chi connectivity index (χ2n) is 7.48. The Labute approximate surface area is 161 Å². The van der Waals surface area contributed by atoms with Crippen LogP contribution in [-0.4, -0.2) is 37.6 Å². The Morgan fingerprint density at radius 1 is 1.07 bits per heavy atom. The largest absolute Gasteiger partial charge is 0.350 e. The van der Waals surface area contributed by atoms with Crippen molar-refractivity contribution in [3.05, 3.63) is 45.9 Å². The summed E-state index contributed by atoms with van der Waals surface area (Å²) >= 11 is 0. The molecule has 144 valence electrons. The van der Waals surface area contributed by atoms with Gasteiger partial charge in [-0.05, 0) is 50.2 Å². The van der Waals surface area contributed by atoms with Gasteiger partial charge in [-0.3, -0.25) is 9.78 Å². The number of nitrogens with zero attached hydrogens (tertiary/aromatic N) is 5. The number of amides is 1. The van der Waals surface area contributed by atoms with Gasteiger partial charge in [0.05, 0.1) is 5.69 Å². The van der Waals surface area contributed by atoms with Crippen molar-refractivity contribution in [2.75, 3.05) is 6.54 Å². The molecule has 8 nitrogen and oxygen atoms in total. The van der Waals surface area contributed by atoms with E-state index in [-0.39, 0.29) is 5.91 Å². The lowest BCUT2D eigenvalue weighted by Gasteiger charge is -2.29. The van der Waals surface area contributed by atoms with Gasteiger partial charge in [0.2, 0.25) is 17.5 Å². The van der Waals surface area contributed by atoms with Crippen LogP contribution >= 0.6 is 0 Å². The summed E-state index contributed by atoms with van der Waals surface area (Å²) in [5, 5.41) is 8.19. The van der Waals surface area contributed by atoms with Crippen LogP contribution in [0.4, 0.5) is 0 Å². The number of fused-ring (bicyclic) bond motifs is 2. The summed E-state index contributed by atoms with van der Waals surface area (Å²) in [6.07, 6.45) is 6.50. The first kappa shape index (κ1) is 17.1. The quantitative estimate of drug-likeness (QED) is 0.675. The molecular weight excluding hydrogens is 358 g/mol. The summed E-state index contributed by atoms with van der Waals surface area (Å²) in [6.45, 7) is 4.81. The summed E-state index contributed by atoms with van der Waals surface area (Å²) < 4.78 is 10.6.